The van der Waals surface area contributed by atoms with Gasteiger partial charge >= 0.3 is 0 Å². The summed E-state index contributed by atoms with van der Waals surface area (Å²) in [5.41, 5.74) is 6.55. The second-order valence-corrected chi connectivity index (χ2v) is 8.08. The number of nitrogens with two attached hydrogens (primary N) is 1. The Morgan fingerprint density at radius 3 is 2.76 bits per heavy atom. The third kappa shape index (κ3) is 3.27. The Hall–Kier alpha value is -0.980. The largest absolute Gasteiger partial charge is 0.329 e. The molecule has 1 aromatic heterocycles. The molecule has 2 N–H and O–H groups in total. The van der Waals surface area contributed by atoms with Gasteiger partial charge < -0.3 is 5.73 Å². The number of hydrogen-bond donors (Lipinski definition) is 1. The van der Waals surface area contributed by atoms with Crippen LogP contribution in [0.3, 0.4) is 0 Å². The SMILES string of the molecule is CCN(Cc1ccccn1)C1(CN)CCCC1S(C)(=O)=O. The van der Waals surface area contributed by atoms with E-state index in [1.807, 2.05) is 18.2 Å². The van der Waals surface area contributed by atoms with Gasteiger partial charge in [0.2, 0.25) is 0 Å². The predicted molar refractivity (Wildman–Crippen MR) is 84.6 cm³/mol. The van der Waals surface area contributed by atoms with E-state index in [-0.39, 0.29) is 5.25 Å². The lowest BCUT2D eigenvalue weighted by Crippen LogP contribution is -2.60. The first-order chi connectivity index (χ1) is 9.94. The molecule has 0 aliphatic heterocycles. The van der Waals surface area contributed by atoms with Crippen molar-refractivity contribution in [3.05, 3.63) is 30.1 Å². The molecule has 1 heterocycles. The van der Waals surface area contributed by atoms with Gasteiger partial charge in [0.25, 0.3) is 0 Å². The zero-order valence-corrected chi connectivity index (χ0v) is 13.6. The van der Waals surface area contributed by atoms with Gasteiger partial charge in [-0.3, -0.25) is 9.88 Å². The summed E-state index contributed by atoms with van der Waals surface area (Å²) >= 11 is 0. The fourth-order valence-corrected chi connectivity index (χ4v) is 5.39. The Morgan fingerprint density at radius 1 is 1.48 bits per heavy atom. The summed E-state index contributed by atoms with van der Waals surface area (Å²) in [5, 5.41) is -0.376. The van der Waals surface area contributed by atoms with Crippen molar-refractivity contribution in [3.63, 3.8) is 0 Å². The van der Waals surface area contributed by atoms with Crippen molar-refractivity contribution in [2.24, 2.45) is 5.73 Å². The minimum Gasteiger partial charge on any atom is -0.329 e. The minimum atomic E-state index is -3.11. The Bertz CT molecular complexity index is 562. The highest BCUT2D eigenvalue weighted by molar-refractivity contribution is 7.91. The van der Waals surface area contributed by atoms with Crippen molar-refractivity contribution in [2.45, 2.75) is 43.5 Å². The highest BCUT2D eigenvalue weighted by Gasteiger charge is 2.50. The molecule has 0 amide bonds. The quantitative estimate of drug-likeness (QED) is 0.854. The molecular formula is C15H25N3O2S. The van der Waals surface area contributed by atoms with Gasteiger partial charge in [-0.1, -0.05) is 19.4 Å². The maximum atomic E-state index is 12.2. The van der Waals surface area contributed by atoms with Crippen molar-refractivity contribution >= 4 is 9.84 Å². The van der Waals surface area contributed by atoms with Crippen LogP contribution in [-0.2, 0) is 16.4 Å². The van der Waals surface area contributed by atoms with E-state index < -0.39 is 15.4 Å². The van der Waals surface area contributed by atoms with Crippen LogP contribution in [0.25, 0.3) is 0 Å². The van der Waals surface area contributed by atoms with Crippen LogP contribution in [-0.4, -0.2) is 48.4 Å². The molecule has 2 unspecified atom stereocenters. The summed E-state index contributed by atoms with van der Waals surface area (Å²) in [6.07, 6.45) is 5.55. The van der Waals surface area contributed by atoms with E-state index >= 15 is 0 Å². The smallest absolute Gasteiger partial charge is 0.152 e. The lowest BCUT2D eigenvalue weighted by atomic mass is 9.94. The van der Waals surface area contributed by atoms with Gasteiger partial charge in [0.1, 0.15) is 0 Å². The van der Waals surface area contributed by atoms with Crippen LogP contribution < -0.4 is 5.73 Å². The van der Waals surface area contributed by atoms with Crippen LogP contribution in [0.1, 0.15) is 31.9 Å². The van der Waals surface area contributed by atoms with Crippen molar-refractivity contribution < 1.29 is 8.42 Å². The first-order valence-electron chi connectivity index (χ1n) is 7.48. The Labute approximate surface area is 127 Å². The molecule has 0 radical (unpaired) electrons. The van der Waals surface area contributed by atoms with E-state index in [0.29, 0.717) is 19.5 Å². The molecule has 1 saturated carbocycles. The highest BCUT2D eigenvalue weighted by Crippen LogP contribution is 2.39. The van der Waals surface area contributed by atoms with Gasteiger partial charge in [-0.15, -0.1) is 0 Å². The number of rotatable bonds is 6. The fourth-order valence-electron chi connectivity index (χ4n) is 3.63. The standard InChI is InChI=1S/C15H25N3O2S/c1-3-18(11-13-7-4-5-10-17-13)15(12-16)9-6-8-14(15)21(2,19)20/h4-5,7,10,14H,3,6,8-9,11-12,16H2,1-2H3. The van der Waals surface area contributed by atoms with Crippen LogP contribution in [0.2, 0.25) is 0 Å². The summed E-state index contributed by atoms with van der Waals surface area (Å²) < 4.78 is 24.4. The third-order valence-electron chi connectivity index (χ3n) is 4.64. The molecule has 1 aromatic rings. The third-order valence-corrected chi connectivity index (χ3v) is 6.34. The molecule has 1 aliphatic rings. The van der Waals surface area contributed by atoms with Crippen molar-refractivity contribution in [2.75, 3.05) is 19.3 Å². The molecule has 1 fully saturated rings. The van der Waals surface area contributed by atoms with Crippen LogP contribution in [0.15, 0.2) is 24.4 Å². The molecule has 5 nitrogen and oxygen atoms in total. The molecule has 0 spiro atoms. The van der Waals surface area contributed by atoms with Crippen LogP contribution >= 0.6 is 0 Å². The first-order valence-corrected chi connectivity index (χ1v) is 9.43. The van der Waals surface area contributed by atoms with Crippen LogP contribution in [0, 0.1) is 0 Å². The average Bonchev–Trinajstić information content (AvgIpc) is 2.91. The minimum absolute atomic E-state index is 0.366. The molecule has 2 atom stereocenters. The van der Waals surface area contributed by atoms with Crippen LogP contribution in [0.4, 0.5) is 0 Å². The van der Waals surface area contributed by atoms with Gasteiger partial charge in [-0.25, -0.2) is 8.42 Å². The molecular weight excluding hydrogens is 286 g/mol. The predicted octanol–water partition coefficient (Wildman–Crippen LogP) is 1.20. The number of likely N-dealkylation sites (N-methyl/N-ethyl adjacent to an activating group) is 1. The number of nitrogens with zero attached hydrogens (tertiary/aromatic N) is 2. The lowest BCUT2D eigenvalue weighted by molar-refractivity contribution is 0.0980. The average molecular weight is 311 g/mol. The zero-order chi connectivity index (χ0) is 15.5. The highest BCUT2D eigenvalue weighted by atomic mass is 32.2. The zero-order valence-electron chi connectivity index (χ0n) is 12.8. The molecule has 6 heteroatoms. The molecule has 118 valence electrons. The monoisotopic (exact) mass is 311 g/mol. The Morgan fingerprint density at radius 2 is 2.24 bits per heavy atom. The molecule has 21 heavy (non-hydrogen) atoms. The number of aromatic nitrogens is 1. The first kappa shape index (κ1) is 16.4. The number of pyridine rings is 1. The van der Waals surface area contributed by atoms with Gasteiger partial charge in [0.05, 0.1) is 16.5 Å². The molecule has 0 saturated heterocycles. The number of sulfone groups is 1. The second-order valence-electron chi connectivity index (χ2n) is 5.85. The summed E-state index contributed by atoms with van der Waals surface area (Å²) in [7, 11) is -3.11. The topological polar surface area (TPSA) is 76.3 Å². The van der Waals surface area contributed by atoms with Crippen molar-refractivity contribution in [3.8, 4) is 0 Å². The van der Waals surface area contributed by atoms with Gasteiger partial charge in [0, 0.05) is 25.5 Å². The summed E-state index contributed by atoms with van der Waals surface area (Å²) in [6, 6.07) is 5.80. The van der Waals surface area contributed by atoms with E-state index in [2.05, 4.69) is 16.8 Å². The summed E-state index contributed by atoms with van der Waals surface area (Å²) in [5.74, 6) is 0. The van der Waals surface area contributed by atoms with E-state index in [4.69, 9.17) is 5.73 Å². The molecule has 0 aromatic carbocycles. The van der Waals surface area contributed by atoms with Crippen LogP contribution in [0.5, 0.6) is 0 Å². The van der Waals surface area contributed by atoms with Crippen molar-refractivity contribution in [1.29, 1.82) is 0 Å². The van der Waals surface area contributed by atoms with Gasteiger partial charge in [-0.05, 0) is 31.5 Å². The van der Waals surface area contributed by atoms with E-state index in [9.17, 15) is 8.42 Å². The Kier molecular flexibility index (Phi) is 5.01. The van der Waals surface area contributed by atoms with Gasteiger partial charge in [-0.2, -0.15) is 0 Å². The summed E-state index contributed by atoms with van der Waals surface area (Å²) in [4.78, 5) is 6.56. The maximum Gasteiger partial charge on any atom is 0.152 e. The second kappa shape index (κ2) is 6.42. The summed E-state index contributed by atoms with van der Waals surface area (Å²) in [6.45, 7) is 3.82. The maximum absolute atomic E-state index is 12.2. The molecule has 0 bridgehead atoms. The molecule has 2 rings (SSSR count). The normalized spacial score (nSPS) is 26.4. The lowest BCUT2D eigenvalue weighted by Gasteiger charge is -2.43. The van der Waals surface area contributed by atoms with E-state index in [1.54, 1.807) is 6.20 Å². The van der Waals surface area contributed by atoms with Gasteiger partial charge in [0.15, 0.2) is 9.84 Å². The number of hydrogen-bond acceptors (Lipinski definition) is 5. The fraction of sp³-hybridized carbons (Fsp3) is 0.667. The van der Waals surface area contributed by atoms with E-state index in [0.717, 1.165) is 25.1 Å². The van der Waals surface area contributed by atoms with Crippen molar-refractivity contribution in [1.82, 2.24) is 9.88 Å². The molecule has 1 aliphatic carbocycles. The Balaban J connectivity index is 2.32. The van der Waals surface area contributed by atoms with E-state index in [1.165, 1.54) is 6.26 Å².